The van der Waals surface area contributed by atoms with E-state index in [4.69, 9.17) is 0 Å². The molecule has 19 heavy (non-hydrogen) atoms. The summed E-state index contributed by atoms with van der Waals surface area (Å²) in [7, 11) is 0. The molecule has 0 unspecified atom stereocenters. The third-order valence-electron chi connectivity index (χ3n) is 2.31. The van der Waals surface area contributed by atoms with Crippen molar-refractivity contribution in [1.82, 2.24) is 4.98 Å². The Hall–Kier alpha value is -1.97. The number of carbonyl (C=O) groups excluding carboxylic acids is 1. The Morgan fingerprint density at radius 2 is 2.11 bits per heavy atom. The van der Waals surface area contributed by atoms with Gasteiger partial charge in [-0.3, -0.25) is 4.79 Å². The molecule has 2 rings (SSSR count). The first-order valence-corrected chi connectivity index (χ1v) is 6.15. The van der Waals surface area contributed by atoms with Crippen LogP contribution in [0.15, 0.2) is 30.3 Å². The predicted molar refractivity (Wildman–Crippen MR) is 74.5 cm³/mol. The summed E-state index contributed by atoms with van der Waals surface area (Å²) in [6.45, 7) is 0. The molecule has 2 aromatic rings. The molecule has 1 aromatic heterocycles. The van der Waals surface area contributed by atoms with Crippen molar-refractivity contribution in [3.05, 3.63) is 55.5 Å². The van der Waals surface area contributed by atoms with Crippen LogP contribution in [0.2, 0.25) is 0 Å². The Kier molecular flexibility index (Phi) is 3.79. The Balaban J connectivity index is 2.21. The number of nitro groups is 1. The number of rotatable bonds is 3. The lowest BCUT2D eigenvalue weighted by molar-refractivity contribution is -0.389. The van der Waals surface area contributed by atoms with Gasteiger partial charge in [0.05, 0.1) is 9.26 Å². The maximum atomic E-state index is 13.3. The lowest BCUT2D eigenvalue weighted by Gasteiger charge is -2.05. The molecule has 0 aliphatic heterocycles. The highest BCUT2D eigenvalue weighted by Crippen LogP contribution is 2.21. The molecule has 0 saturated heterocycles. The molecule has 0 fully saturated rings. The Bertz CT molecular complexity index is 656. The second-order valence-electron chi connectivity index (χ2n) is 3.57. The molecule has 0 saturated carbocycles. The van der Waals surface area contributed by atoms with Crippen LogP contribution >= 0.6 is 22.6 Å². The summed E-state index contributed by atoms with van der Waals surface area (Å²) in [4.78, 5) is 24.0. The predicted octanol–water partition coefficient (Wildman–Crippen LogP) is 2.92. The summed E-state index contributed by atoms with van der Waals surface area (Å²) in [6.07, 6.45) is 0. The summed E-state index contributed by atoms with van der Waals surface area (Å²) in [6, 6.07) is 6.76. The van der Waals surface area contributed by atoms with Crippen LogP contribution in [-0.4, -0.2) is 15.8 Å². The zero-order chi connectivity index (χ0) is 14.0. The van der Waals surface area contributed by atoms with Crippen molar-refractivity contribution >= 4 is 40.0 Å². The topological polar surface area (TPSA) is 88.0 Å². The van der Waals surface area contributed by atoms with Crippen molar-refractivity contribution in [3.63, 3.8) is 0 Å². The molecule has 98 valence electrons. The molecule has 8 heteroatoms. The van der Waals surface area contributed by atoms with Crippen LogP contribution < -0.4 is 5.32 Å². The molecule has 1 amide bonds. The smallest absolute Gasteiger partial charge is 0.321 e. The molecule has 1 aromatic carbocycles. The van der Waals surface area contributed by atoms with Gasteiger partial charge in [-0.1, -0.05) is 6.07 Å². The fourth-order valence-corrected chi connectivity index (χ4v) is 1.91. The Morgan fingerprint density at radius 3 is 2.74 bits per heavy atom. The van der Waals surface area contributed by atoms with Crippen molar-refractivity contribution < 1.29 is 14.1 Å². The first-order chi connectivity index (χ1) is 8.99. The van der Waals surface area contributed by atoms with Crippen molar-refractivity contribution in [2.24, 2.45) is 0 Å². The van der Waals surface area contributed by atoms with E-state index >= 15 is 0 Å². The van der Waals surface area contributed by atoms with E-state index < -0.39 is 16.6 Å². The monoisotopic (exact) mass is 375 g/mol. The van der Waals surface area contributed by atoms with Crippen LogP contribution in [0.5, 0.6) is 0 Å². The van der Waals surface area contributed by atoms with Crippen molar-refractivity contribution in [2.75, 3.05) is 5.32 Å². The Labute approximate surface area is 120 Å². The molecule has 1 heterocycles. The van der Waals surface area contributed by atoms with E-state index in [2.05, 4.69) is 10.3 Å². The van der Waals surface area contributed by atoms with E-state index in [1.165, 1.54) is 24.3 Å². The quantitative estimate of drug-likeness (QED) is 0.491. The van der Waals surface area contributed by atoms with Crippen LogP contribution in [0.1, 0.15) is 10.5 Å². The van der Waals surface area contributed by atoms with E-state index in [9.17, 15) is 19.3 Å². The first kappa shape index (κ1) is 13.5. The number of anilines is 1. The molecule has 0 atom stereocenters. The number of benzene rings is 1. The Morgan fingerprint density at radius 1 is 1.37 bits per heavy atom. The summed E-state index contributed by atoms with van der Waals surface area (Å²) in [5.74, 6) is -1.30. The van der Waals surface area contributed by atoms with Crippen molar-refractivity contribution in [1.29, 1.82) is 0 Å². The lowest BCUT2D eigenvalue weighted by atomic mass is 10.3. The minimum absolute atomic E-state index is 0.0340. The zero-order valence-corrected chi connectivity index (χ0v) is 11.5. The maximum absolute atomic E-state index is 13.3. The fourth-order valence-electron chi connectivity index (χ4n) is 1.41. The molecular formula is C11H7FIN3O3. The number of nitrogens with zero attached hydrogens (tertiary/aromatic N) is 1. The summed E-state index contributed by atoms with van der Waals surface area (Å²) >= 11 is 1.77. The number of aromatic nitrogens is 1. The summed E-state index contributed by atoms with van der Waals surface area (Å²) in [5, 5.41) is 13.0. The van der Waals surface area contributed by atoms with E-state index in [0.717, 1.165) is 0 Å². The van der Waals surface area contributed by atoms with E-state index in [0.29, 0.717) is 5.69 Å². The van der Waals surface area contributed by atoms with Crippen LogP contribution in [0.25, 0.3) is 0 Å². The number of nitrogens with one attached hydrogen (secondary N) is 2. The first-order valence-electron chi connectivity index (χ1n) is 5.08. The zero-order valence-electron chi connectivity index (χ0n) is 9.31. The van der Waals surface area contributed by atoms with Gasteiger partial charge in [0.15, 0.2) is 5.69 Å². The van der Waals surface area contributed by atoms with Gasteiger partial charge in [-0.25, -0.2) is 9.37 Å². The van der Waals surface area contributed by atoms with Crippen molar-refractivity contribution in [3.8, 4) is 0 Å². The highest BCUT2D eigenvalue weighted by molar-refractivity contribution is 14.1. The van der Waals surface area contributed by atoms with Gasteiger partial charge in [0.25, 0.3) is 5.91 Å². The van der Waals surface area contributed by atoms with Crippen LogP contribution in [0, 0.1) is 19.5 Å². The molecule has 6 nitrogen and oxygen atoms in total. The average molecular weight is 375 g/mol. The average Bonchev–Trinajstić information content (AvgIpc) is 2.84. The molecule has 0 aliphatic carbocycles. The minimum atomic E-state index is -0.636. The third kappa shape index (κ3) is 2.89. The molecule has 0 spiro atoms. The van der Waals surface area contributed by atoms with Gasteiger partial charge in [0.2, 0.25) is 0 Å². The standard InChI is InChI=1S/C11H7FIN3O3/c12-6-2-1-3-7(10(6)13)15-11(17)8-4-5-9(14-8)16(18)19/h1-5,14H,(H,15,17). The normalized spacial score (nSPS) is 10.2. The molecular weight excluding hydrogens is 368 g/mol. The van der Waals surface area contributed by atoms with E-state index in [-0.39, 0.29) is 15.1 Å². The SMILES string of the molecule is O=C(Nc1cccc(F)c1I)c1ccc([N+](=O)[O-])[nH]1. The number of carbonyl (C=O) groups is 1. The second-order valence-corrected chi connectivity index (χ2v) is 4.65. The molecule has 0 bridgehead atoms. The molecule has 0 aliphatic rings. The number of hydrogen-bond acceptors (Lipinski definition) is 3. The maximum Gasteiger partial charge on any atom is 0.321 e. The number of aromatic amines is 1. The molecule has 0 radical (unpaired) electrons. The lowest BCUT2D eigenvalue weighted by Crippen LogP contribution is -2.13. The van der Waals surface area contributed by atoms with Crippen LogP contribution in [0.4, 0.5) is 15.9 Å². The van der Waals surface area contributed by atoms with Gasteiger partial charge in [-0.05, 0) is 45.7 Å². The van der Waals surface area contributed by atoms with Gasteiger partial charge in [0, 0.05) is 6.07 Å². The number of H-pyrrole nitrogens is 1. The minimum Gasteiger partial charge on any atom is -0.358 e. The van der Waals surface area contributed by atoms with Gasteiger partial charge in [-0.2, -0.15) is 0 Å². The van der Waals surface area contributed by atoms with Gasteiger partial charge >= 0.3 is 5.82 Å². The van der Waals surface area contributed by atoms with Crippen LogP contribution in [-0.2, 0) is 0 Å². The number of amides is 1. The highest BCUT2D eigenvalue weighted by atomic mass is 127. The second kappa shape index (κ2) is 5.34. The molecule has 2 N–H and O–H groups in total. The number of halogens is 2. The van der Waals surface area contributed by atoms with E-state index in [1.807, 2.05) is 0 Å². The van der Waals surface area contributed by atoms with Gasteiger partial charge < -0.3 is 15.4 Å². The van der Waals surface area contributed by atoms with Gasteiger partial charge in [-0.15, -0.1) is 0 Å². The fraction of sp³-hybridized carbons (Fsp3) is 0. The van der Waals surface area contributed by atoms with E-state index in [1.54, 1.807) is 28.7 Å². The summed E-state index contributed by atoms with van der Waals surface area (Å²) < 4.78 is 13.6. The number of hydrogen-bond donors (Lipinski definition) is 2. The highest BCUT2D eigenvalue weighted by Gasteiger charge is 2.16. The van der Waals surface area contributed by atoms with Gasteiger partial charge in [0.1, 0.15) is 5.82 Å². The summed E-state index contributed by atoms with van der Waals surface area (Å²) in [5.41, 5.74) is 0.342. The third-order valence-corrected chi connectivity index (χ3v) is 3.41. The largest absolute Gasteiger partial charge is 0.358 e. The van der Waals surface area contributed by atoms with Crippen LogP contribution in [0.3, 0.4) is 0 Å². The van der Waals surface area contributed by atoms with Crippen molar-refractivity contribution in [2.45, 2.75) is 0 Å².